The molecule has 0 bridgehead atoms. The maximum Gasteiger partial charge on any atom is 0.271 e. The van der Waals surface area contributed by atoms with Crippen LogP contribution >= 0.6 is 0 Å². The molecule has 1 saturated heterocycles. The van der Waals surface area contributed by atoms with Crippen molar-refractivity contribution < 1.29 is 4.79 Å². The molecule has 1 N–H and O–H groups in total. The first kappa shape index (κ1) is 16.5. The van der Waals surface area contributed by atoms with Crippen LogP contribution in [0.4, 0.5) is 0 Å². The topological polar surface area (TPSA) is 61.9 Å². The standard InChI is InChI=1S/C21H22N4O/c1-21(2)14-25(13-17(21)15-6-4-3-5-7-15)20(26)19-12-18(23-24-19)16-8-10-22-11-9-16/h3-12,17H,13-14H2,1-2H3,(H,23,24)/t17-/m0/s1. The summed E-state index contributed by atoms with van der Waals surface area (Å²) in [5, 5.41) is 7.19. The van der Waals surface area contributed by atoms with E-state index in [1.807, 2.05) is 29.2 Å². The number of nitrogens with one attached hydrogen (secondary N) is 1. The van der Waals surface area contributed by atoms with Crippen molar-refractivity contribution in [3.63, 3.8) is 0 Å². The van der Waals surface area contributed by atoms with Crippen LogP contribution in [0.2, 0.25) is 0 Å². The van der Waals surface area contributed by atoms with Crippen LogP contribution < -0.4 is 0 Å². The number of H-pyrrole nitrogens is 1. The van der Waals surface area contributed by atoms with Crippen molar-refractivity contribution in [1.29, 1.82) is 0 Å². The number of likely N-dealkylation sites (tertiary alicyclic amines) is 1. The Kier molecular flexibility index (Phi) is 4.07. The zero-order valence-corrected chi connectivity index (χ0v) is 15.0. The molecule has 0 radical (unpaired) electrons. The number of amides is 1. The van der Waals surface area contributed by atoms with Crippen molar-refractivity contribution in [1.82, 2.24) is 20.1 Å². The van der Waals surface area contributed by atoms with E-state index in [9.17, 15) is 4.79 Å². The monoisotopic (exact) mass is 346 g/mol. The van der Waals surface area contributed by atoms with Crippen LogP contribution in [0.3, 0.4) is 0 Å². The van der Waals surface area contributed by atoms with Crippen molar-refractivity contribution >= 4 is 5.91 Å². The first-order valence-electron chi connectivity index (χ1n) is 8.85. The number of rotatable bonds is 3. The molecule has 0 spiro atoms. The largest absolute Gasteiger partial charge is 0.336 e. The van der Waals surface area contributed by atoms with Gasteiger partial charge in [-0.05, 0) is 29.2 Å². The predicted molar refractivity (Wildman–Crippen MR) is 101 cm³/mol. The SMILES string of the molecule is CC1(C)CN(C(=O)c2cc(-c3ccncc3)n[nH]2)C[C@H]1c1ccccc1. The summed E-state index contributed by atoms with van der Waals surface area (Å²) < 4.78 is 0. The van der Waals surface area contributed by atoms with Crippen molar-refractivity contribution in [2.24, 2.45) is 5.41 Å². The minimum atomic E-state index is 0.00399. The van der Waals surface area contributed by atoms with Crippen molar-refractivity contribution in [2.45, 2.75) is 19.8 Å². The molecular formula is C21H22N4O. The highest BCUT2D eigenvalue weighted by molar-refractivity contribution is 5.93. The van der Waals surface area contributed by atoms with Crippen molar-refractivity contribution in [3.8, 4) is 11.3 Å². The fourth-order valence-electron chi connectivity index (χ4n) is 3.80. The van der Waals surface area contributed by atoms with E-state index in [0.29, 0.717) is 11.6 Å². The van der Waals surface area contributed by atoms with E-state index < -0.39 is 0 Å². The molecule has 3 aromatic rings. The fourth-order valence-corrected chi connectivity index (χ4v) is 3.80. The molecule has 1 fully saturated rings. The van der Waals surface area contributed by atoms with Gasteiger partial charge in [-0.15, -0.1) is 0 Å². The number of benzene rings is 1. The molecule has 1 aromatic carbocycles. The van der Waals surface area contributed by atoms with Crippen LogP contribution in [-0.2, 0) is 0 Å². The van der Waals surface area contributed by atoms with E-state index in [0.717, 1.165) is 24.3 Å². The number of aromatic amines is 1. The van der Waals surface area contributed by atoms with Gasteiger partial charge in [0, 0.05) is 37.0 Å². The maximum absolute atomic E-state index is 13.0. The Morgan fingerprint density at radius 2 is 1.88 bits per heavy atom. The summed E-state index contributed by atoms with van der Waals surface area (Å²) in [6.45, 7) is 5.91. The van der Waals surface area contributed by atoms with Gasteiger partial charge in [0.2, 0.25) is 0 Å². The summed E-state index contributed by atoms with van der Waals surface area (Å²) >= 11 is 0. The van der Waals surface area contributed by atoms with Crippen molar-refractivity contribution in [2.75, 3.05) is 13.1 Å². The van der Waals surface area contributed by atoms with Gasteiger partial charge in [0.05, 0.1) is 5.69 Å². The Bertz CT molecular complexity index is 902. The Labute approximate surface area is 153 Å². The van der Waals surface area contributed by atoms with E-state index in [1.165, 1.54) is 5.56 Å². The molecule has 5 heteroatoms. The van der Waals surface area contributed by atoms with Gasteiger partial charge in [-0.1, -0.05) is 44.2 Å². The van der Waals surface area contributed by atoms with E-state index in [4.69, 9.17) is 0 Å². The number of nitrogens with zero attached hydrogens (tertiary/aromatic N) is 3. The second-order valence-electron chi connectivity index (χ2n) is 7.54. The molecular weight excluding hydrogens is 324 g/mol. The molecule has 0 saturated carbocycles. The number of carbonyl (C=O) groups excluding carboxylic acids is 1. The molecule has 26 heavy (non-hydrogen) atoms. The normalized spacial score (nSPS) is 18.8. The van der Waals surface area contributed by atoms with Crippen LogP contribution in [0, 0.1) is 5.41 Å². The molecule has 1 amide bonds. The quantitative estimate of drug-likeness (QED) is 0.786. The lowest BCUT2D eigenvalue weighted by molar-refractivity contribution is 0.0772. The van der Waals surface area contributed by atoms with Crippen LogP contribution in [0.25, 0.3) is 11.3 Å². The number of pyridine rings is 1. The number of aromatic nitrogens is 3. The maximum atomic E-state index is 13.0. The molecule has 1 aliphatic heterocycles. The van der Waals surface area contributed by atoms with Gasteiger partial charge < -0.3 is 4.90 Å². The van der Waals surface area contributed by atoms with E-state index in [-0.39, 0.29) is 11.3 Å². The van der Waals surface area contributed by atoms with Gasteiger partial charge in [0.1, 0.15) is 5.69 Å². The predicted octanol–water partition coefficient (Wildman–Crippen LogP) is 3.74. The lowest BCUT2D eigenvalue weighted by atomic mass is 9.78. The molecule has 3 heterocycles. The van der Waals surface area contributed by atoms with Gasteiger partial charge in [0.25, 0.3) is 5.91 Å². The molecule has 2 aromatic heterocycles. The lowest BCUT2D eigenvalue weighted by Crippen LogP contribution is -2.30. The molecule has 1 aliphatic rings. The molecule has 0 aliphatic carbocycles. The molecule has 5 nitrogen and oxygen atoms in total. The van der Waals surface area contributed by atoms with Crippen LogP contribution in [0.1, 0.15) is 35.8 Å². The van der Waals surface area contributed by atoms with Crippen molar-refractivity contribution in [3.05, 3.63) is 72.2 Å². The minimum absolute atomic E-state index is 0.00399. The summed E-state index contributed by atoms with van der Waals surface area (Å²) in [6.07, 6.45) is 3.44. The number of hydrogen-bond donors (Lipinski definition) is 1. The van der Waals surface area contributed by atoms with E-state index in [1.54, 1.807) is 12.4 Å². The highest BCUT2D eigenvalue weighted by Crippen LogP contribution is 2.42. The Morgan fingerprint density at radius 3 is 2.62 bits per heavy atom. The Balaban J connectivity index is 1.55. The highest BCUT2D eigenvalue weighted by atomic mass is 16.2. The summed E-state index contributed by atoms with van der Waals surface area (Å²) in [5.74, 6) is 0.333. The molecule has 1 atom stereocenters. The van der Waals surface area contributed by atoms with Gasteiger partial charge in [-0.3, -0.25) is 14.9 Å². The number of carbonyl (C=O) groups is 1. The first-order chi connectivity index (χ1) is 12.5. The lowest BCUT2D eigenvalue weighted by Gasteiger charge is -2.25. The summed E-state index contributed by atoms with van der Waals surface area (Å²) in [7, 11) is 0. The smallest absolute Gasteiger partial charge is 0.271 e. The third-order valence-corrected chi connectivity index (χ3v) is 5.22. The molecule has 132 valence electrons. The zero-order chi connectivity index (χ0) is 18.1. The molecule has 0 unspecified atom stereocenters. The Morgan fingerprint density at radius 1 is 1.15 bits per heavy atom. The molecule has 4 rings (SSSR count). The third-order valence-electron chi connectivity index (χ3n) is 5.22. The zero-order valence-electron chi connectivity index (χ0n) is 15.0. The second kappa shape index (κ2) is 6.41. The van der Waals surface area contributed by atoms with Gasteiger partial charge in [0.15, 0.2) is 0 Å². The summed E-state index contributed by atoms with van der Waals surface area (Å²) in [5.41, 5.74) is 3.55. The van der Waals surface area contributed by atoms with Crippen LogP contribution in [-0.4, -0.2) is 39.1 Å². The second-order valence-corrected chi connectivity index (χ2v) is 7.54. The van der Waals surface area contributed by atoms with Crippen LogP contribution in [0.5, 0.6) is 0 Å². The minimum Gasteiger partial charge on any atom is -0.336 e. The highest BCUT2D eigenvalue weighted by Gasteiger charge is 2.42. The first-order valence-corrected chi connectivity index (χ1v) is 8.85. The number of hydrogen-bond acceptors (Lipinski definition) is 3. The summed E-state index contributed by atoms with van der Waals surface area (Å²) in [6, 6.07) is 16.0. The van der Waals surface area contributed by atoms with Crippen LogP contribution in [0.15, 0.2) is 60.9 Å². The van der Waals surface area contributed by atoms with Gasteiger partial charge in [-0.2, -0.15) is 5.10 Å². The average molecular weight is 346 g/mol. The van der Waals surface area contributed by atoms with Gasteiger partial charge in [-0.25, -0.2) is 0 Å². The Hall–Kier alpha value is -2.95. The fraction of sp³-hybridized carbons (Fsp3) is 0.286. The summed E-state index contributed by atoms with van der Waals surface area (Å²) in [4.78, 5) is 18.9. The average Bonchev–Trinajstić information content (AvgIpc) is 3.27. The third kappa shape index (κ3) is 3.01. The van der Waals surface area contributed by atoms with E-state index >= 15 is 0 Å². The van der Waals surface area contributed by atoms with Gasteiger partial charge >= 0.3 is 0 Å². The van der Waals surface area contributed by atoms with E-state index in [2.05, 4.69) is 53.3 Å².